The molecule has 0 N–H and O–H groups in total. The summed E-state index contributed by atoms with van der Waals surface area (Å²) < 4.78 is 6.06. The van der Waals surface area contributed by atoms with Crippen molar-refractivity contribution in [3.63, 3.8) is 0 Å². The summed E-state index contributed by atoms with van der Waals surface area (Å²) in [6, 6.07) is 9.09. The summed E-state index contributed by atoms with van der Waals surface area (Å²) in [5.74, 6) is 0.848. The van der Waals surface area contributed by atoms with Gasteiger partial charge in [-0.05, 0) is 43.2 Å². The lowest BCUT2D eigenvalue weighted by atomic mass is 10.1. The highest BCUT2D eigenvalue weighted by Gasteiger charge is 2.25. The number of hydrogen-bond donors (Lipinski definition) is 0. The second-order valence-corrected chi connectivity index (χ2v) is 7.26. The number of amides is 2. The predicted octanol–water partition coefficient (Wildman–Crippen LogP) is 2.40. The number of rotatable bonds is 4. The molecule has 0 spiro atoms. The molecule has 2 fully saturated rings. The topological polar surface area (TPSA) is 75.6 Å². The summed E-state index contributed by atoms with van der Waals surface area (Å²) >= 11 is 0. The van der Waals surface area contributed by atoms with Crippen molar-refractivity contribution >= 4 is 11.8 Å². The minimum absolute atomic E-state index is 0.0156. The Labute approximate surface area is 164 Å². The van der Waals surface area contributed by atoms with E-state index in [4.69, 9.17) is 4.74 Å². The number of likely N-dealkylation sites (tertiary alicyclic amines) is 2. The molecule has 0 radical (unpaired) electrons. The van der Waals surface area contributed by atoms with Gasteiger partial charge in [-0.15, -0.1) is 0 Å². The fourth-order valence-electron chi connectivity index (χ4n) is 3.75. The van der Waals surface area contributed by atoms with Crippen molar-refractivity contribution in [2.75, 3.05) is 26.2 Å². The van der Waals surface area contributed by atoms with Crippen LogP contribution in [0.4, 0.5) is 0 Å². The van der Waals surface area contributed by atoms with Gasteiger partial charge in [0, 0.05) is 44.6 Å². The maximum Gasteiger partial charge on any atom is 0.255 e. The summed E-state index contributed by atoms with van der Waals surface area (Å²) in [5.41, 5.74) is 1.27. The molecule has 2 amide bonds. The van der Waals surface area contributed by atoms with E-state index in [9.17, 15) is 9.59 Å². The fourth-order valence-corrected chi connectivity index (χ4v) is 3.75. The second kappa shape index (κ2) is 8.37. The van der Waals surface area contributed by atoms with Gasteiger partial charge < -0.3 is 14.5 Å². The van der Waals surface area contributed by atoms with E-state index in [0.29, 0.717) is 24.2 Å². The Morgan fingerprint density at radius 1 is 0.821 bits per heavy atom. The van der Waals surface area contributed by atoms with E-state index in [2.05, 4.69) is 10.2 Å². The van der Waals surface area contributed by atoms with Gasteiger partial charge in [0.1, 0.15) is 11.9 Å². The first kappa shape index (κ1) is 18.4. The summed E-state index contributed by atoms with van der Waals surface area (Å²) in [6.07, 6.45) is 6.83. The van der Waals surface area contributed by atoms with Crippen molar-refractivity contribution in [3.05, 3.63) is 53.9 Å². The standard InChI is InChI=1S/C21H24N4O3/c26-20(24-11-1-2-12-24)16-3-5-18(6-4-16)28-19-8-13-25(14-9-19)21(27)17-7-10-22-23-15-17/h3-7,10,15,19H,1-2,8-9,11-14H2. The largest absolute Gasteiger partial charge is 0.490 e. The molecule has 28 heavy (non-hydrogen) atoms. The molecule has 0 aliphatic carbocycles. The number of nitrogens with zero attached hydrogens (tertiary/aromatic N) is 4. The molecule has 2 aliphatic rings. The Morgan fingerprint density at radius 3 is 2.11 bits per heavy atom. The minimum atomic E-state index is -0.0156. The molecular weight excluding hydrogens is 356 g/mol. The third-order valence-electron chi connectivity index (χ3n) is 5.36. The molecule has 7 heteroatoms. The van der Waals surface area contributed by atoms with Gasteiger partial charge in [-0.1, -0.05) is 0 Å². The highest BCUT2D eigenvalue weighted by molar-refractivity contribution is 5.94. The SMILES string of the molecule is O=C(c1ccc(OC2CCN(C(=O)c3ccnnc3)CC2)cc1)N1CCCC1. The van der Waals surface area contributed by atoms with Gasteiger partial charge in [-0.25, -0.2) is 0 Å². The Morgan fingerprint density at radius 2 is 1.46 bits per heavy atom. The van der Waals surface area contributed by atoms with Crippen LogP contribution >= 0.6 is 0 Å². The van der Waals surface area contributed by atoms with Gasteiger partial charge in [0.15, 0.2) is 0 Å². The average Bonchev–Trinajstić information content (AvgIpc) is 3.29. The summed E-state index contributed by atoms with van der Waals surface area (Å²) in [5, 5.41) is 7.47. The van der Waals surface area contributed by atoms with E-state index in [1.165, 1.54) is 12.4 Å². The Hall–Kier alpha value is -2.96. The molecule has 2 aliphatic heterocycles. The van der Waals surface area contributed by atoms with Crippen LogP contribution in [0, 0.1) is 0 Å². The van der Waals surface area contributed by atoms with Gasteiger partial charge in [0.05, 0.1) is 18.0 Å². The van der Waals surface area contributed by atoms with Crippen molar-refractivity contribution in [3.8, 4) is 5.75 Å². The van der Waals surface area contributed by atoms with Gasteiger partial charge >= 0.3 is 0 Å². The summed E-state index contributed by atoms with van der Waals surface area (Å²) in [4.78, 5) is 28.6. The zero-order valence-electron chi connectivity index (χ0n) is 15.8. The van der Waals surface area contributed by atoms with Crippen LogP contribution < -0.4 is 4.74 Å². The predicted molar refractivity (Wildman–Crippen MR) is 103 cm³/mol. The molecule has 2 saturated heterocycles. The monoisotopic (exact) mass is 380 g/mol. The lowest BCUT2D eigenvalue weighted by Crippen LogP contribution is -2.41. The molecule has 4 rings (SSSR count). The normalized spacial score (nSPS) is 17.6. The lowest BCUT2D eigenvalue weighted by Gasteiger charge is -2.32. The van der Waals surface area contributed by atoms with Crippen LogP contribution in [0.2, 0.25) is 0 Å². The molecule has 2 aromatic rings. The first-order valence-corrected chi connectivity index (χ1v) is 9.83. The van der Waals surface area contributed by atoms with Crippen LogP contribution in [0.3, 0.4) is 0 Å². The zero-order valence-corrected chi connectivity index (χ0v) is 15.8. The van der Waals surface area contributed by atoms with E-state index in [1.54, 1.807) is 6.07 Å². The highest BCUT2D eigenvalue weighted by Crippen LogP contribution is 2.22. The van der Waals surface area contributed by atoms with E-state index in [1.807, 2.05) is 34.1 Å². The van der Waals surface area contributed by atoms with Gasteiger partial charge in [-0.3, -0.25) is 9.59 Å². The molecule has 3 heterocycles. The summed E-state index contributed by atoms with van der Waals surface area (Å²) in [6.45, 7) is 3.00. The van der Waals surface area contributed by atoms with E-state index >= 15 is 0 Å². The smallest absolute Gasteiger partial charge is 0.255 e. The number of hydrogen-bond acceptors (Lipinski definition) is 5. The molecule has 0 atom stereocenters. The number of carbonyl (C=O) groups is 2. The maximum absolute atomic E-state index is 12.5. The van der Waals surface area contributed by atoms with Crippen molar-refractivity contribution in [1.29, 1.82) is 0 Å². The number of carbonyl (C=O) groups excluding carboxylic acids is 2. The average molecular weight is 380 g/mol. The fraction of sp³-hybridized carbons (Fsp3) is 0.429. The molecule has 146 valence electrons. The number of ether oxygens (including phenoxy) is 1. The summed E-state index contributed by atoms with van der Waals surface area (Å²) in [7, 11) is 0. The highest BCUT2D eigenvalue weighted by atomic mass is 16.5. The van der Waals surface area contributed by atoms with Gasteiger partial charge in [0.25, 0.3) is 11.8 Å². The van der Waals surface area contributed by atoms with Crippen LogP contribution in [-0.2, 0) is 0 Å². The molecule has 7 nitrogen and oxygen atoms in total. The van der Waals surface area contributed by atoms with Crippen molar-refractivity contribution < 1.29 is 14.3 Å². The van der Waals surface area contributed by atoms with Crippen LogP contribution in [0.25, 0.3) is 0 Å². The molecule has 0 bridgehead atoms. The second-order valence-electron chi connectivity index (χ2n) is 7.26. The quantitative estimate of drug-likeness (QED) is 0.814. The van der Waals surface area contributed by atoms with Crippen molar-refractivity contribution in [2.45, 2.75) is 31.8 Å². The lowest BCUT2D eigenvalue weighted by molar-refractivity contribution is 0.0595. The van der Waals surface area contributed by atoms with Gasteiger partial charge in [-0.2, -0.15) is 10.2 Å². The van der Waals surface area contributed by atoms with E-state index in [0.717, 1.165) is 44.5 Å². The molecule has 0 saturated carbocycles. The van der Waals surface area contributed by atoms with E-state index in [-0.39, 0.29) is 17.9 Å². The van der Waals surface area contributed by atoms with Crippen molar-refractivity contribution in [2.24, 2.45) is 0 Å². The van der Waals surface area contributed by atoms with Gasteiger partial charge in [0.2, 0.25) is 0 Å². The Bertz CT molecular complexity index is 811. The number of benzene rings is 1. The van der Waals surface area contributed by atoms with Crippen LogP contribution in [0.5, 0.6) is 5.75 Å². The Balaban J connectivity index is 1.29. The Kier molecular flexibility index (Phi) is 5.50. The molecule has 1 aromatic carbocycles. The first-order valence-electron chi connectivity index (χ1n) is 9.83. The molecule has 0 unspecified atom stereocenters. The molecular formula is C21H24N4O3. The number of piperidine rings is 1. The third kappa shape index (κ3) is 4.13. The number of aromatic nitrogens is 2. The zero-order chi connectivity index (χ0) is 19.3. The van der Waals surface area contributed by atoms with Crippen LogP contribution in [-0.4, -0.2) is 64.1 Å². The van der Waals surface area contributed by atoms with Crippen LogP contribution in [0.15, 0.2) is 42.7 Å². The minimum Gasteiger partial charge on any atom is -0.490 e. The third-order valence-corrected chi connectivity index (χ3v) is 5.36. The van der Waals surface area contributed by atoms with Crippen molar-refractivity contribution in [1.82, 2.24) is 20.0 Å². The maximum atomic E-state index is 12.5. The van der Waals surface area contributed by atoms with E-state index < -0.39 is 0 Å². The first-order chi connectivity index (χ1) is 13.7. The molecule has 1 aromatic heterocycles. The van der Waals surface area contributed by atoms with Crippen LogP contribution in [0.1, 0.15) is 46.4 Å².